The summed E-state index contributed by atoms with van der Waals surface area (Å²) in [7, 11) is 0. The van der Waals surface area contributed by atoms with E-state index in [2.05, 4.69) is 26.3 Å². The summed E-state index contributed by atoms with van der Waals surface area (Å²) in [5.74, 6) is 1.43. The molecule has 1 fully saturated rings. The molecule has 1 aliphatic heterocycles. The van der Waals surface area contributed by atoms with Gasteiger partial charge in [-0.15, -0.1) is 0 Å². The van der Waals surface area contributed by atoms with Crippen molar-refractivity contribution in [2.24, 2.45) is 5.73 Å². The number of ether oxygens (including phenoxy) is 1. The predicted molar refractivity (Wildman–Crippen MR) is 92.8 cm³/mol. The maximum Gasteiger partial charge on any atom is 0.225 e. The Morgan fingerprint density at radius 1 is 1.21 bits per heavy atom. The molecular formula is C17H20N6O. The Morgan fingerprint density at radius 3 is 2.62 bits per heavy atom. The molecular weight excluding hydrogens is 304 g/mol. The molecule has 2 aromatic rings. The van der Waals surface area contributed by atoms with Crippen LogP contribution in [0, 0.1) is 11.3 Å². The van der Waals surface area contributed by atoms with E-state index in [9.17, 15) is 0 Å². The van der Waals surface area contributed by atoms with Crippen molar-refractivity contribution in [3.05, 3.63) is 35.9 Å². The van der Waals surface area contributed by atoms with Gasteiger partial charge in [-0.2, -0.15) is 10.2 Å². The molecule has 0 spiro atoms. The van der Waals surface area contributed by atoms with Gasteiger partial charge in [0, 0.05) is 37.8 Å². The van der Waals surface area contributed by atoms with Crippen molar-refractivity contribution in [2.75, 3.05) is 49.6 Å². The quantitative estimate of drug-likeness (QED) is 0.853. The Kier molecular flexibility index (Phi) is 5.21. The minimum Gasteiger partial charge on any atom is -0.378 e. The van der Waals surface area contributed by atoms with E-state index in [1.807, 2.05) is 18.2 Å². The second kappa shape index (κ2) is 7.73. The number of hydrogen-bond acceptors (Lipinski definition) is 7. The monoisotopic (exact) mass is 324 g/mol. The fourth-order valence-corrected chi connectivity index (χ4v) is 2.52. The van der Waals surface area contributed by atoms with E-state index in [4.69, 9.17) is 15.7 Å². The Hall–Kier alpha value is -2.69. The number of rotatable bonds is 5. The zero-order chi connectivity index (χ0) is 16.8. The van der Waals surface area contributed by atoms with Gasteiger partial charge in [-0.25, -0.2) is 4.98 Å². The molecule has 1 aliphatic rings. The molecule has 0 bridgehead atoms. The molecule has 0 radical (unpaired) electrons. The van der Waals surface area contributed by atoms with Gasteiger partial charge in [-0.05, 0) is 12.1 Å². The summed E-state index contributed by atoms with van der Waals surface area (Å²) in [6.07, 6.45) is 0. The van der Waals surface area contributed by atoms with Crippen LogP contribution in [0.4, 0.5) is 11.8 Å². The molecule has 0 atom stereocenters. The molecule has 0 amide bonds. The lowest BCUT2D eigenvalue weighted by Crippen LogP contribution is -2.37. The van der Waals surface area contributed by atoms with Crippen LogP contribution in [0.5, 0.6) is 0 Å². The largest absolute Gasteiger partial charge is 0.378 e. The number of hydrogen-bond donors (Lipinski definition) is 2. The van der Waals surface area contributed by atoms with Gasteiger partial charge in [0.25, 0.3) is 0 Å². The molecule has 1 saturated heterocycles. The van der Waals surface area contributed by atoms with Crippen LogP contribution >= 0.6 is 0 Å². The van der Waals surface area contributed by atoms with Crippen molar-refractivity contribution in [3.8, 4) is 17.3 Å². The zero-order valence-electron chi connectivity index (χ0n) is 13.4. The molecule has 3 rings (SSSR count). The first kappa shape index (κ1) is 16.2. The SMILES string of the molecule is N#Cc1ccc(-c2cc(N3CCOCC3)nc(NCCN)n2)cc1. The number of nitrogens with two attached hydrogens (primary N) is 1. The number of aromatic nitrogens is 2. The smallest absolute Gasteiger partial charge is 0.225 e. The summed E-state index contributed by atoms with van der Waals surface area (Å²) >= 11 is 0. The minimum absolute atomic E-state index is 0.511. The van der Waals surface area contributed by atoms with Gasteiger partial charge in [0.1, 0.15) is 5.82 Å². The third kappa shape index (κ3) is 3.79. The predicted octanol–water partition coefficient (Wildman–Crippen LogP) is 1.22. The van der Waals surface area contributed by atoms with Crippen LogP contribution in [0.2, 0.25) is 0 Å². The summed E-state index contributed by atoms with van der Waals surface area (Å²) in [5, 5.41) is 12.1. The highest BCUT2D eigenvalue weighted by atomic mass is 16.5. The van der Waals surface area contributed by atoms with Crippen LogP contribution in [-0.2, 0) is 4.74 Å². The molecule has 1 aromatic carbocycles. The highest BCUT2D eigenvalue weighted by Crippen LogP contribution is 2.24. The molecule has 24 heavy (non-hydrogen) atoms. The number of morpholine rings is 1. The zero-order valence-corrected chi connectivity index (χ0v) is 13.4. The molecule has 124 valence electrons. The summed E-state index contributed by atoms with van der Waals surface area (Å²) in [5.41, 5.74) is 7.95. The van der Waals surface area contributed by atoms with Crippen LogP contribution in [0.15, 0.2) is 30.3 Å². The lowest BCUT2D eigenvalue weighted by atomic mass is 10.1. The second-order valence-electron chi connectivity index (χ2n) is 5.44. The second-order valence-corrected chi connectivity index (χ2v) is 5.44. The summed E-state index contributed by atoms with van der Waals surface area (Å²) in [6, 6.07) is 11.5. The maximum absolute atomic E-state index is 8.94. The van der Waals surface area contributed by atoms with Gasteiger partial charge in [-0.3, -0.25) is 0 Å². The Balaban J connectivity index is 1.95. The Labute approximate surface area is 141 Å². The summed E-state index contributed by atoms with van der Waals surface area (Å²) in [4.78, 5) is 11.4. The van der Waals surface area contributed by atoms with E-state index < -0.39 is 0 Å². The van der Waals surface area contributed by atoms with E-state index in [1.54, 1.807) is 12.1 Å². The minimum atomic E-state index is 0.511. The van der Waals surface area contributed by atoms with E-state index in [-0.39, 0.29) is 0 Å². The number of nitrogens with one attached hydrogen (secondary N) is 1. The molecule has 1 aromatic heterocycles. The fraction of sp³-hybridized carbons (Fsp3) is 0.353. The average molecular weight is 324 g/mol. The highest BCUT2D eigenvalue weighted by Gasteiger charge is 2.15. The lowest BCUT2D eigenvalue weighted by Gasteiger charge is -2.28. The van der Waals surface area contributed by atoms with Crippen molar-refractivity contribution < 1.29 is 4.74 Å². The van der Waals surface area contributed by atoms with Gasteiger partial charge in [0.05, 0.1) is 30.5 Å². The molecule has 0 saturated carbocycles. The molecule has 0 aliphatic carbocycles. The standard InChI is InChI=1S/C17H20N6O/c18-5-6-20-17-21-15(14-3-1-13(12-19)2-4-14)11-16(22-17)23-7-9-24-10-8-23/h1-4,11H,5-10,18H2,(H,20,21,22). The Morgan fingerprint density at radius 2 is 1.96 bits per heavy atom. The van der Waals surface area contributed by atoms with Crippen molar-refractivity contribution in [1.29, 1.82) is 5.26 Å². The van der Waals surface area contributed by atoms with Crippen LogP contribution in [0.25, 0.3) is 11.3 Å². The van der Waals surface area contributed by atoms with Crippen LogP contribution in [0.3, 0.4) is 0 Å². The number of anilines is 2. The number of benzene rings is 1. The first-order chi connectivity index (χ1) is 11.8. The van der Waals surface area contributed by atoms with Crippen LogP contribution < -0.4 is 16.0 Å². The van der Waals surface area contributed by atoms with E-state index >= 15 is 0 Å². The summed E-state index contributed by atoms with van der Waals surface area (Å²) in [6.45, 7) is 4.13. The fourth-order valence-electron chi connectivity index (χ4n) is 2.52. The normalized spacial score (nSPS) is 14.2. The van der Waals surface area contributed by atoms with E-state index in [1.165, 1.54) is 0 Å². The van der Waals surface area contributed by atoms with Gasteiger partial charge in [0.2, 0.25) is 5.95 Å². The molecule has 7 nitrogen and oxygen atoms in total. The van der Waals surface area contributed by atoms with Crippen molar-refractivity contribution in [2.45, 2.75) is 0 Å². The van der Waals surface area contributed by atoms with E-state index in [0.717, 1.165) is 30.2 Å². The average Bonchev–Trinajstić information content (AvgIpc) is 2.67. The first-order valence-corrected chi connectivity index (χ1v) is 7.96. The topological polar surface area (TPSA) is 100 Å². The molecule has 2 heterocycles. The van der Waals surface area contributed by atoms with Gasteiger partial charge in [0.15, 0.2) is 0 Å². The third-order valence-electron chi connectivity index (χ3n) is 3.78. The van der Waals surface area contributed by atoms with Crippen molar-refractivity contribution >= 4 is 11.8 Å². The van der Waals surface area contributed by atoms with Gasteiger partial charge >= 0.3 is 0 Å². The summed E-state index contributed by atoms with van der Waals surface area (Å²) < 4.78 is 5.41. The van der Waals surface area contributed by atoms with Crippen molar-refractivity contribution in [3.63, 3.8) is 0 Å². The molecule has 0 unspecified atom stereocenters. The number of nitrogens with zero attached hydrogens (tertiary/aromatic N) is 4. The van der Waals surface area contributed by atoms with Crippen molar-refractivity contribution in [1.82, 2.24) is 9.97 Å². The van der Waals surface area contributed by atoms with Gasteiger partial charge < -0.3 is 20.7 Å². The van der Waals surface area contributed by atoms with E-state index in [0.29, 0.717) is 37.8 Å². The van der Waals surface area contributed by atoms with Gasteiger partial charge in [-0.1, -0.05) is 12.1 Å². The molecule has 3 N–H and O–H groups in total. The van der Waals surface area contributed by atoms with Crippen LogP contribution in [0.1, 0.15) is 5.56 Å². The molecule has 7 heteroatoms. The third-order valence-corrected chi connectivity index (χ3v) is 3.78. The highest BCUT2D eigenvalue weighted by molar-refractivity contribution is 5.65. The number of nitriles is 1. The van der Waals surface area contributed by atoms with Crippen LogP contribution in [-0.4, -0.2) is 49.4 Å². The Bertz CT molecular complexity index is 719. The maximum atomic E-state index is 8.94. The lowest BCUT2D eigenvalue weighted by molar-refractivity contribution is 0.122. The first-order valence-electron chi connectivity index (χ1n) is 7.96.